The maximum Gasteiger partial charge on any atom is 0.146 e. The Morgan fingerprint density at radius 3 is 2.94 bits per heavy atom. The summed E-state index contributed by atoms with van der Waals surface area (Å²) in [7, 11) is 0. The van der Waals surface area contributed by atoms with Crippen molar-refractivity contribution < 1.29 is 0 Å². The van der Waals surface area contributed by atoms with Crippen molar-refractivity contribution in [2.24, 2.45) is 5.92 Å². The molecule has 4 nitrogen and oxygen atoms in total. The van der Waals surface area contributed by atoms with Gasteiger partial charge >= 0.3 is 0 Å². The fourth-order valence-electron chi connectivity index (χ4n) is 2.42. The summed E-state index contributed by atoms with van der Waals surface area (Å²) >= 11 is 1.63. The van der Waals surface area contributed by atoms with Crippen molar-refractivity contribution in [1.82, 2.24) is 14.9 Å². The van der Waals surface area contributed by atoms with Gasteiger partial charge in [-0.2, -0.15) is 0 Å². The highest BCUT2D eigenvalue weighted by Crippen LogP contribution is 2.24. The number of aromatic nitrogens is 2. The van der Waals surface area contributed by atoms with Crippen LogP contribution in [0.2, 0.25) is 0 Å². The van der Waals surface area contributed by atoms with Crippen molar-refractivity contribution in [2.75, 3.05) is 18.8 Å². The van der Waals surface area contributed by atoms with E-state index in [0.29, 0.717) is 5.82 Å². The summed E-state index contributed by atoms with van der Waals surface area (Å²) in [5.74, 6) is 2.32. The lowest BCUT2D eigenvalue weighted by atomic mass is 9.99. The smallest absolute Gasteiger partial charge is 0.146 e. The molecule has 1 aliphatic heterocycles. The molecule has 1 aliphatic rings. The van der Waals surface area contributed by atoms with E-state index in [2.05, 4.69) is 21.8 Å². The van der Waals surface area contributed by atoms with Crippen molar-refractivity contribution >= 4 is 27.4 Å². The Morgan fingerprint density at radius 2 is 2.17 bits per heavy atom. The van der Waals surface area contributed by atoms with Gasteiger partial charge in [0.1, 0.15) is 16.5 Å². The first-order valence-corrected chi connectivity index (χ1v) is 7.32. The zero-order valence-corrected chi connectivity index (χ0v) is 11.4. The number of fused-ring (bicyclic) bond motifs is 1. The fourth-order valence-corrected chi connectivity index (χ4v) is 3.21. The van der Waals surface area contributed by atoms with Crippen molar-refractivity contribution in [3.8, 4) is 0 Å². The SMILES string of the molecule is CC1CCN(Cc2nc(N)c3ccsc3n2)CC1. The van der Waals surface area contributed by atoms with Gasteiger partial charge < -0.3 is 5.73 Å². The molecule has 0 spiro atoms. The molecule has 96 valence electrons. The van der Waals surface area contributed by atoms with Gasteiger partial charge in [0.05, 0.1) is 11.9 Å². The zero-order valence-electron chi connectivity index (χ0n) is 10.6. The molecule has 0 bridgehead atoms. The number of nitrogens with two attached hydrogens (primary N) is 1. The molecule has 0 atom stereocenters. The maximum atomic E-state index is 5.97. The van der Waals surface area contributed by atoms with Crippen molar-refractivity contribution in [3.05, 3.63) is 17.3 Å². The minimum absolute atomic E-state index is 0.613. The van der Waals surface area contributed by atoms with Crippen molar-refractivity contribution in [2.45, 2.75) is 26.3 Å². The van der Waals surface area contributed by atoms with Gasteiger partial charge in [-0.1, -0.05) is 6.92 Å². The number of hydrogen-bond acceptors (Lipinski definition) is 5. The van der Waals surface area contributed by atoms with E-state index in [1.807, 2.05) is 11.4 Å². The fraction of sp³-hybridized carbons (Fsp3) is 0.538. The average molecular weight is 262 g/mol. The average Bonchev–Trinajstić information content (AvgIpc) is 2.81. The molecule has 3 rings (SSSR count). The van der Waals surface area contributed by atoms with E-state index in [1.165, 1.54) is 12.8 Å². The molecule has 0 unspecified atom stereocenters. The van der Waals surface area contributed by atoms with E-state index >= 15 is 0 Å². The summed E-state index contributed by atoms with van der Waals surface area (Å²) < 4.78 is 0. The van der Waals surface area contributed by atoms with Crippen LogP contribution in [0.1, 0.15) is 25.6 Å². The first-order valence-electron chi connectivity index (χ1n) is 6.44. The number of hydrogen-bond donors (Lipinski definition) is 1. The third kappa shape index (κ3) is 2.33. The number of thiophene rings is 1. The third-order valence-electron chi connectivity index (χ3n) is 3.64. The second-order valence-corrected chi connectivity index (χ2v) is 6.02. The van der Waals surface area contributed by atoms with Crippen molar-refractivity contribution in [1.29, 1.82) is 0 Å². The number of likely N-dealkylation sites (tertiary alicyclic amines) is 1. The van der Waals surface area contributed by atoms with E-state index in [0.717, 1.165) is 41.6 Å². The summed E-state index contributed by atoms with van der Waals surface area (Å²) in [6.45, 7) is 5.44. The zero-order chi connectivity index (χ0) is 12.5. The molecule has 0 saturated carbocycles. The van der Waals surface area contributed by atoms with Crippen LogP contribution in [0.3, 0.4) is 0 Å². The van der Waals surface area contributed by atoms with Gasteiger partial charge in [0.2, 0.25) is 0 Å². The lowest BCUT2D eigenvalue weighted by Crippen LogP contribution is -2.33. The lowest BCUT2D eigenvalue weighted by Gasteiger charge is -2.29. The van der Waals surface area contributed by atoms with E-state index < -0.39 is 0 Å². The number of piperidine rings is 1. The number of anilines is 1. The second kappa shape index (κ2) is 4.82. The van der Waals surface area contributed by atoms with Crippen LogP contribution in [0, 0.1) is 5.92 Å². The molecule has 1 saturated heterocycles. The molecular formula is C13H18N4S. The normalized spacial score (nSPS) is 18.5. The Bertz CT molecular complexity index is 543. The van der Waals surface area contributed by atoms with Crippen LogP contribution >= 0.6 is 11.3 Å². The number of nitrogens with zero attached hydrogens (tertiary/aromatic N) is 3. The van der Waals surface area contributed by atoms with Gasteiger partial charge in [-0.15, -0.1) is 11.3 Å². The van der Waals surface area contributed by atoms with E-state index in [9.17, 15) is 0 Å². The summed E-state index contributed by atoms with van der Waals surface area (Å²) in [5.41, 5.74) is 5.97. The van der Waals surface area contributed by atoms with Crippen LogP contribution in [0.25, 0.3) is 10.2 Å². The number of rotatable bonds is 2. The third-order valence-corrected chi connectivity index (χ3v) is 4.45. The van der Waals surface area contributed by atoms with E-state index in [1.54, 1.807) is 11.3 Å². The Labute approximate surface area is 111 Å². The molecular weight excluding hydrogens is 244 g/mol. The Hall–Kier alpha value is -1.20. The minimum atomic E-state index is 0.613. The largest absolute Gasteiger partial charge is 0.383 e. The van der Waals surface area contributed by atoms with Crippen LogP contribution in [-0.2, 0) is 6.54 Å². The van der Waals surface area contributed by atoms with Crippen LogP contribution in [0.4, 0.5) is 5.82 Å². The van der Waals surface area contributed by atoms with E-state index in [-0.39, 0.29) is 0 Å². The van der Waals surface area contributed by atoms with Gasteiger partial charge in [0.15, 0.2) is 0 Å². The predicted octanol–water partition coefficient (Wildman–Crippen LogP) is 2.51. The number of nitrogen functional groups attached to an aromatic ring is 1. The summed E-state index contributed by atoms with van der Waals surface area (Å²) in [6, 6.07) is 1.99. The molecule has 2 aromatic rings. The van der Waals surface area contributed by atoms with Gasteiger partial charge in [0.25, 0.3) is 0 Å². The second-order valence-electron chi connectivity index (χ2n) is 5.12. The summed E-state index contributed by atoms with van der Waals surface area (Å²) in [5, 5.41) is 3.00. The molecule has 2 N–H and O–H groups in total. The molecule has 0 amide bonds. The highest BCUT2D eigenvalue weighted by atomic mass is 32.1. The molecule has 0 aliphatic carbocycles. The highest BCUT2D eigenvalue weighted by Gasteiger charge is 2.17. The lowest BCUT2D eigenvalue weighted by molar-refractivity contribution is 0.181. The Balaban J connectivity index is 1.78. The Kier molecular flexibility index (Phi) is 3.18. The highest BCUT2D eigenvalue weighted by molar-refractivity contribution is 7.16. The molecule has 1 fully saturated rings. The topological polar surface area (TPSA) is 55.0 Å². The van der Waals surface area contributed by atoms with E-state index in [4.69, 9.17) is 5.73 Å². The molecule has 3 heterocycles. The van der Waals surface area contributed by atoms with Gasteiger partial charge in [0, 0.05) is 0 Å². The van der Waals surface area contributed by atoms with Crippen LogP contribution in [0.5, 0.6) is 0 Å². The summed E-state index contributed by atoms with van der Waals surface area (Å²) in [4.78, 5) is 12.4. The van der Waals surface area contributed by atoms with Gasteiger partial charge in [-0.05, 0) is 43.3 Å². The van der Waals surface area contributed by atoms with Gasteiger partial charge in [-0.25, -0.2) is 9.97 Å². The summed E-state index contributed by atoms with van der Waals surface area (Å²) in [6.07, 6.45) is 2.55. The predicted molar refractivity (Wildman–Crippen MR) is 75.5 cm³/mol. The quantitative estimate of drug-likeness (QED) is 0.903. The monoisotopic (exact) mass is 262 g/mol. The molecule has 0 aromatic carbocycles. The van der Waals surface area contributed by atoms with Gasteiger partial charge in [-0.3, -0.25) is 4.90 Å². The molecule has 5 heteroatoms. The molecule has 18 heavy (non-hydrogen) atoms. The van der Waals surface area contributed by atoms with Crippen molar-refractivity contribution in [3.63, 3.8) is 0 Å². The first-order chi connectivity index (χ1) is 8.72. The standard InChI is InChI=1S/C13H18N4S/c1-9-2-5-17(6-3-9)8-11-15-12(14)10-4-7-18-13(10)16-11/h4,7,9H,2-3,5-6,8H2,1H3,(H2,14,15,16). The van der Waals surface area contributed by atoms with Crippen LogP contribution in [0.15, 0.2) is 11.4 Å². The Morgan fingerprint density at radius 1 is 1.39 bits per heavy atom. The van der Waals surface area contributed by atoms with Crippen LogP contribution < -0.4 is 5.73 Å². The van der Waals surface area contributed by atoms with Crippen LogP contribution in [-0.4, -0.2) is 28.0 Å². The minimum Gasteiger partial charge on any atom is -0.383 e. The maximum absolute atomic E-state index is 5.97. The first kappa shape index (κ1) is 11.9. The molecule has 0 radical (unpaired) electrons. The molecule has 2 aromatic heterocycles.